The fraction of sp³-hybridized carbons (Fsp3) is 0.158. The molecule has 0 bridgehead atoms. The number of hydrogen-bond donors (Lipinski definition) is 0. The van der Waals surface area contributed by atoms with Gasteiger partial charge in [-0.15, -0.1) is 0 Å². The lowest BCUT2D eigenvalue weighted by molar-refractivity contribution is 0.639. The van der Waals surface area contributed by atoms with Gasteiger partial charge in [0.15, 0.2) is 0 Å². The Morgan fingerprint density at radius 1 is 0.447 bits per heavy atom. The van der Waals surface area contributed by atoms with Gasteiger partial charge in [-0.05, 0) is 72.5 Å². The van der Waals surface area contributed by atoms with Gasteiger partial charge in [0.05, 0.1) is 0 Å². The molecule has 5 aromatic rings. The van der Waals surface area contributed by atoms with E-state index >= 15 is 0 Å². The molecule has 0 atom stereocenters. The monoisotopic (exact) mass is 488 g/mol. The lowest BCUT2D eigenvalue weighted by Gasteiger charge is -2.35. The molecule has 0 fully saturated rings. The van der Waals surface area contributed by atoms with E-state index < -0.39 is 0 Å². The molecule has 2 aliphatic rings. The molecule has 0 heterocycles. The van der Waals surface area contributed by atoms with Gasteiger partial charge in [-0.3, -0.25) is 0 Å². The Balaban J connectivity index is 1.48. The van der Waals surface area contributed by atoms with E-state index in [0.29, 0.717) is 0 Å². The molecule has 0 aliphatic heterocycles. The largest absolute Gasteiger partial charge is 0.0622 e. The van der Waals surface area contributed by atoms with Crippen LogP contribution in [-0.2, 0) is 10.8 Å². The van der Waals surface area contributed by atoms with E-state index in [1.54, 1.807) is 0 Å². The van der Waals surface area contributed by atoms with Crippen LogP contribution in [0.5, 0.6) is 0 Å². The predicted molar refractivity (Wildman–Crippen MR) is 164 cm³/mol. The molecule has 0 N–H and O–H groups in total. The molecule has 0 saturated heterocycles. The highest BCUT2D eigenvalue weighted by atomic mass is 14.5. The van der Waals surface area contributed by atoms with Crippen LogP contribution in [-0.4, -0.2) is 0 Å². The van der Waals surface area contributed by atoms with E-state index in [4.69, 9.17) is 0 Å². The molecule has 7 rings (SSSR count). The zero-order valence-corrected chi connectivity index (χ0v) is 22.5. The molecule has 38 heavy (non-hydrogen) atoms. The van der Waals surface area contributed by atoms with Crippen molar-refractivity contribution in [2.24, 2.45) is 0 Å². The van der Waals surface area contributed by atoms with Crippen molar-refractivity contribution in [1.29, 1.82) is 0 Å². The minimum absolute atomic E-state index is 0.0763. The van der Waals surface area contributed by atoms with Crippen molar-refractivity contribution in [1.82, 2.24) is 0 Å². The zero-order valence-electron chi connectivity index (χ0n) is 22.5. The van der Waals surface area contributed by atoms with Gasteiger partial charge in [0.25, 0.3) is 0 Å². The molecular formula is C38H32. The van der Waals surface area contributed by atoms with Crippen molar-refractivity contribution in [2.45, 2.75) is 38.5 Å². The summed E-state index contributed by atoms with van der Waals surface area (Å²) in [5.41, 5.74) is 13.6. The van der Waals surface area contributed by atoms with E-state index in [1.165, 1.54) is 66.4 Å². The quantitative estimate of drug-likeness (QED) is 0.221. The zero-order chi connectivity index (χ0) is 26.1. The lowest BCUT2D eigenvalue weighted by Crippen LogP contribution is -2.24. The summed E-state index contributed by atoms with van der Waals surface area (Å²) in [6, 6.07) is 35.5. The summed E-state index contributed by atoms with van der Waals surface area (Å²) in [5.74, 6) is 0. The van der Waals surface area contributed by atoms with Crippen LogP contribution in [0.2, 0.25) is 0 Å². The molecule has 2 aliphatic carbocycles. The molecule has 0 aromatic heterocycles. The third-order valence-electron chi connectivity index (χ3n) is 8.82. The topological polar surface area (TPSA) is 0 Å². The predicted octanol–water partition coefficient (Wildman–Crippen LogP) is 10.1. The molecular weight excluding hydrogens is 456 g/mol. The van der Waals surface area contributed by atoms with Crippen LogP contribution in [0, 0.1) is 0 Å². The third-order valence-corrected chi connectivity index (χ3v) is 8.82. The van der Waals surface area contributed by atoms with E-state index in [1.807, 2.05) is 0 Å². The minimum Gasteiger partial charge on any atom is -0.0622 e. The minimum atomic E-state index is -0.0906. The van der Waals surface area contributed by atoms with Crippen LogP contribution in [0.4, 0.5) is 0 Å². The number of rotatable bonds is 4. The summed E-state index contributed by atoms with van der Waals surface area (Å²) >= 11 is 0. The van der Waals surface area contributed by atoms with Crippen molar-refractivity contribution in [3.63, 3.8) is 0 Å². The highest BCUT2D eigenvalue weighted by Gasteiger charge is 2.45. The third kappa shape index (κ3) is 3.30. The SMILES string of the molecule is CC1(C)c2cc(/C=C/c3ccccc3)cc3c2-c2c1cc(/C=C/c1ccccc1)c1cccc(c21)C3(C)C. The normalized spacial score (nSPS) is 16.1. The lowest BCUT2D eigenvalue weighted by atomic mass is 9.68. The molecule has 0 amide bonds. The second-order valence-corrected chi connectivity index (χ2v) is 11.8. The van der Waals surface area contributed by atoms with E-state index in [2.05, 4.69) is 149 Å². The Morgan fingerprint density at radius 3 is 1.61 bits per heavy atom. The van der Waals surface area contributed by atoms with Crippen LogP contribution in [0.3, 0.4) is 0 Å². The highest BCUT2D eigenvalue weighted by Crippen LogP contribution is 2.60. The first-order valence-corrected chi connectivity index (χ1v) is 13.6. The Morgan fingerprint density at radius 2 is 0.974 bits per heavy atom. The van der Waals surface area contributed by atoms with Crippen LogP contribution >= 0.6 is 0 Å². The molecule has 0 radical (unpaired) electrons. The van der Waals surface area contributed by atoms with E-state index in [0.717, 1.165) is 0 Å². The Hall–Kier alpha value is -4.16. The van der Waals surface area contributed by atoms with Crippen molar-refractivity contribution in [3.05, 3.63) is 142 Å². The summed E-state index contributed by atoms with van der Waals surface area (Å²) in [7, 11) is 0. The second kappa shape index (κ2) is 8.17. The van der Waals surface area contributed by atoms with E-state index in [-0.39, 0.29) is 10.8 Å². The number of hydrogen-bond acceptors (Lipinski definition) is 0. The smallest absolute Gasteiger partial charge is 0.0159 e. The van der Waals surface area contributed by atoms with Gasteiger partial charge in [0.1, 0.15) is 0 Å². The van der Waals surface area contributed by atoms with Gasteiger partial charge < -0.3 is 0 Å². The highest BCUT2D eigenvalue weighted by molar-refractivity contribution is 6.11. The Kier molecular flexibility index (Phi) is 4.94. The molecule has 0 heteroatoms. The Bertz CT molecular complexity index is 1780. The summed E-state index contributed by atoms with van der Waals surface area (Å²) in [6.07, 6.45) is 9.07. The van der Waals surface area contributed by atoms with Crippen LogP contribution in [0.15, 0.2) is 97.1 Å². The van der Waals surface area contributed by atoms with Gasteiger partial charge in [-0.2, -0.15) is 0 Å². The first kappa shape index (κ1) is 23.0. The van der Waals surface area contributed by atoms with Gasteiger partial charge in [-0.25, -0.2) is 0 Å². The van der Waals surface area contributed by atoms with Crippen LogP contribution in [0.1, 0.15) is 72.2 Å². The van der Waals surface area contributed by atoms with E-state index in [9.17, 15) is 0 Å². The van der Waals surface area contributed by atoms with Crippen molar-refractivity contribution in [3.8, 4) is 11.1 Å². The standard InChI is InChI=1S/C38H32/c1-37(2)30-17-11-16-29-28(21-20-26-14-9-6-10-15-26)24-33-36(34(29)30)35-31(37)22-27(23-32(35)38(33,3)4)19-18-25-12-7-5-8-13-25/h5-24H,1-4H3/b19-18+,21-20+. The summed E-state index contributed by atoms with van der Waals surface area (Å²) in [4.78, 5) is 0. The molecule has 0 nitrogen and oxygen atoms in total. The van der Waals surface area contributed by atoms with Crippen molar-refractivity contribution in [2.75, 3.05) is 0 Å². The summed E-state index contributed by atoms with van der Waals surface area (Å²) in [5, 5.41) is 2.79. The first-order chi connectivity index (χ1) is 18.4. The second-order valence-electron chi connectivity index (χ2n) is 11.8. The first-order valence-electron chi connectivity index (χ1n) is 13.6. The van der Waals surface area contributed by atoms with Gasteiger partial charge in [-0.1, -0.05) is 143 Å². The van der Waals surface area contributed by atoms with Gasteiger partial charge in [0, 0.05) is 10.8 Å². The molecule has 0 unspecified atom stereocenters. The maximum Gasteiger partial charge on any atom is 0.0159 e. The Labute approximate surface area is 226 Å². The average Bonchev–Trinajstić information content (AvgIpc) is 3.16. The van der Waals surface area contributed by atoms with Crippen molar-refractivity contribution < 1.29 is 0 Å². The van der Waals surface area contributed by atoms with Gasteiger partial charge >= 0.3 is 0 Å². The fourth-order valence-electron chi connectivity index (χ4n) is 6.73. The molecule has 5 aromatic carbocycles. The van der Waals surface area contributed by atoms with Crippen LogP contribution in [0.25, 0.3) is 46.2 Å². The van der Waals surface area contributed by atoms with Crippen molar-refractivity contribution >= 4 is 35.1 Å². The summed E-state index contributed by atoms with van der Waals surface area (Å²) < 4.78 is 0. The number of benzene rings is 5. The summed E-state index contributed by atoms with van der Waals surface area (Å²) in [6.45, 7) is 9.62. The molecule has 0 spiro atoms. The maximum atomic E-state index is 2.46. The average molecular weight is 489 g/mol. The van der Waals surface area contributed by atoms with Gasteiger partial charge in [0.2, 0.25) is 0 Å². The molecule has 184 valence electrons. The molecule has 0 saturated carbocycles. The van der Waals surface area contributed by atoms with Crippen LogP contribution < -0.4 is 0 Å². The fourth-order valence-corrected chi connectivity index (χ4v) is 6.73. The maximum absolute atomic E-state index is 2.46.